The number of para-hydroxylation sites is 1. The number of ether oxygens (including phenoxy) is 1. The number of rotatable bonds is 8. The quantitative estimate of drug-likeness (QED) is 0.292. The van der Waals surface area contributed by atoms with Crippen molar-refractivity contribution in [2.24, 2.45) is 0 Å². The van der Waals surface area contributed by atoms with E-state index in [1.807, 2.05) is 84.9 Å². The Balaban J connectivity index is 1.35. The minimum absolute atomic E-state index is 0.0603. The van der Waals surface area contributed by atoms with E-state index in [0.717, 1.165) is 22.4 Å². The lowest BCUT2D eigenvalue weighted by Gasteiger charge is -2.44. The lowest BCUT2D eigenvalue weighted by Crippen LogP contribution is -2.63. The standard InChI is InChI=1S/C34H33N3O5/c1-23-21-27(36-42-23)32(39)41-29-17-10-20-34(31(29)35-30(38)19-18-24-11-4-2-5-12-24)26-15-8-9-16-28(26)37(33(34)40)22-25-13-6-3-7-14-25/h2-9,11-16,21,29,31H,10,17-20,22H2,1H3,(H,35,38)/t29-,31-,34-/m0/s1. The third kappa shape index (κ3) is 5.20. The molecule has 1 aromatic heterocycles. The van der Waals surface area contributed by atoms with Crippen molar-refractivity contribution >= 4 is 23.5 Å². The summed E-state index contributed by atoms with van der Waals surface area (Å²) in [5, 5.41) is 7.00. The van der Waals surface area contributed by atoms with E-state index in [1.54, 1.807) is 11.8 Å². The third-order valence-electron chi connectivity index (χ3n) is 8.34. The lowest BCUT2D eigenvalue weighted by atomic mass is 9.65. The van der Waals surface area contributed by atoms with Gasteiger partial charge in [0, 0.05) is 18.2 Å². The average molecular weight is 564 g/mol. The Kier molecular flexibility index (Phi) is 7.61. The van der Waals surface area contributed by atoms with Crippen LogP contribution in [0.2, 0.25) is 0 Å². The molecule has 1 aliphatic carbocycles. The molecule has 1 fully saturated rings. The van der Waals surface area contributed by atoms with E-state index in [0.29, 0.717) is 38.0 Å². The van der Waals surface area contributed by atoms with E-state index in [4.69, 9.17) is 9.26 Å². The minimum atomic E-state index is -1.09. The van der Waals surface area contributed by atoms with E-state index in [-0.39, 0.29) is 23.9 Å². The maximum Gasteiger partial charge on any atom is 0.360 e. The summed E-state index contributed by atoms with van der Waals surface area (Å²) in [6.45, 7) is 2.10. The van der Waals surface area contributed by atoms with Gasteiger partial charge in [-0.2, -0.15) is 0 Å². The predicted molar refractivity (Wildman–Crippen MR) is 157 cm³/mol. The summed E-state index contributed by atoms with van der Waals surface area (Å²) >= 11 is 0. The van der Waals surface area contributed by atoms with Gasteiger partial charge in [-0.3, -0.25) is 9.59 Å². The second-order valence-electron chi connectivity index (χ2n) is 11.1. The zero-order valence-corrected chi connectivity index (χ0v) is 23.5. The molecule has 3 aromatic carbocycles. The predicted octanol–water partition coefficient (Wildman–Crippen LogP) is 5.29. The maximum absolute atomic E-state index is 14.6. The van der Waals surface area contributed by atoms with Crippen LogP contribution in [0, 0.1) is 6.92 Å². The number of aryl methyl sites for hydroxylation is 2. The molecular weight excluding hydrogens is 530 g/mol. The van der Waals surface area contributed by atoms with Crippen LogP contribution in [0.5, 0.6) is 0 Å². The summed E-state index contributed by atoms with van der Waals surface area (Å²) in [4.78, 5) is 43.1. The first kappa shape index (κ1) is 27.4. The number of carbonyl (C=O) groups is 3. The summed E-state index contributed by atoms with van der Waals surface area (Å²) in [5.74, 6) is -0.448. The molecule has 1 spiro atoms. The highest BCUT2D eigenvalue weighted by molar-refractivity contribution is 6.09. The summed E-state index contributed by atoms with van der Waals surface area (Å²) in [6, 6.07) is 28.2. The number of hydrogen-bond acceptors (Lipinski definition) is 6. The fourth-order valence-corrected chi connectivity index (χ4v) is 6.39. The number of benzene rings is 3. The van der Waals surface area contributed by atoms with Gasteiger partial charge in [-0.15, -0.1) is 0 Å². The summed E-state index contributed by atoms with van der Waals surface area (Å²) in [7, 11) is 0. The molecule has 2 heterocycles. The Morgan fingerprint density at radius 2 is 1.69 bits per heavy atom. The zero-order valence-electron chi connectivity index (χ0n) is 23.5. The highest BCUT2D eigenvalue weighted by Gasteiger charge is 2.60. The molecule has 42 heavy (non-hydrogen) atoms. The molecular formula is C34H33N3O5. The van der Waals surface area contributed by atoms with Gasteiger partial charge in [0.15, 0.2) is 5.69 Å². The normalized spacial score (nSPS) is 21.3. The van der Waals surface area contributed by atoms with Gasteiger partial charge in [0.05, 0.1) is 12.6 Å². The van der Waals surface area contributed by atoms with E-state index in [2.05, 4.69) is 10.5 Å². The van der Waals surface area contributed by atoms with Crippen LogP contribution in [-0.2, 0) is 32.7 Å². The summed E-state index contributed by atoms with van der Waals surface area (Å²) < 4.78 is 11.1. The maximum atomic E-state index is 14.6. The van der Waals surface area contributed by atoms with Gasteiger partial charge < -0.3 is 19.5 Å². The van der Waals surface area contributed by atoms with Crippen LogP contribution in [0.1, 0.15) is 58.6 Å². The third-order valence-corrected chi connectivity index (χ3v) is 8.34. The number of aromatic nitrogens is 1. The SMILES string of the molecule is Cc1cc(C(=O)O[C@H]2CCC[C@@]3(C(=O)N(Cc4ccccc4)c4ccccc43)[C@H]2NC(=O)CCc2ccccc2)no1. The minimum Gasteiger partial charge on any atom is -0.455 e. The fraction of sp³-hybridized carbons (Fsp3) is 0.294. The van der Waals surface area contributed by atoms with E-state index in [9.17, 15) is 14.4 Å². The van der Waals surface area contributed by atoms with Crippen molar-refractivity contribution < 1.29 is 23.6 Å². The van der Waals surface area contributed by atoms with E-state index < -0.39 is 23.5 Å². The van der Waals surface area contributed by atoms with Gasteiger partial charge in [-0.1, -0.05) is 84.0 Å². The van der Waals surface area contributed by atoms with Crippen LogP contribution in [0.15, 0.2) is 95.5 Å². The van der Waals surface area contributed by atoms with Crippen molar-refractivity contribution in [1.82, 2.24) is 10.5 Å². The van der Waals surface area contributed by atoms with Crippen LogP contribution < -0.4 is 10.2 Å². The highest BCUT2D eigenvalue weighted by Crippen LogP contribution is 2.51. The molecule has 2 amide bonds. The molecule has 6 rings (SSSR count). The molecule has 0 bridgehead atoms. The molecule has 2 aliphatic rings. The Morgan fingerprint density at radius 3 is 2.40 bits per heavy atom. The number of hydrogen-bond donors (Lipinski definition) is 1. The first-order valence-corrected chi connectivity index (χ1v) is 14.4. The number of fused-ring (bicyclic) bond motifs is 2. The monoisotopic (exact) mass is 563 g/mol. The average Bonchev–Trinajstić information content (AvgIpc) is 3.55. The van der Waals surface area contributed by atoms with Crippen molar-refractivity contribution in [3.8, 4) is 0 Å². The van der Waals surface area contributed by atoms with Gasteiger partial charge in [0.2, 0.25) is 11.8 Å². The largest absolute Gasteiger partial charge is 0.455 e. The van der Waals surface area contributed by atoms with Crippen LogP contribution in [0.4, 0.5) is 5.69 Å². The highest BCUT2D eigenvalue weighted by atomic mass is 16.5. The van der Waals surface area contributed by atoms with E-state index in [1.165, 1.54) is 6.07 Å². The molecule has 8 nitrogen and oxygen atoms in total. The molecule has 0 unspecified atom stereocenters. The fourth-order valence-electron chi connectivity index (χ4n) is 6.39. The molecule has 214 valence electrons. The van der Waals surface area contributed by atoms with Crippen LogP contribution in [0.25, 0.3) is 0 Å². The lowest BCUT2D eigenvalue weighted by molar-refractivity contribution is -0.131. The summed E-state index contributed by atoms with van der Waals surface area (Å²) in [6.07, 6.45) is 1.73. The molecule has 8 heteroatoms. The van der Waals surface area contributed by atoms with E-state index >= 15 is 0 Å². The Hall–Kier alpha value is -4.72. The van der Waals surface area contributed by atoms with Gasteiger partial charge in [0.25, 0.3) is 0 Å². The van der Waals surface area contributed by atoms with Crippen molar-refractivity contribution in [1.29, 1.82) is 0 Å². The van der Waals surface area contributed by atoms with Gasteiger partial charge >= 0.3 is 5.97 Å². The van der Waals surface area contributed by atoms with Crippen LogP contribution >= 0.6 is 0 Å². The second-order valence-corrected chi connectivity index (χ2v) is 11.1. The van der Waals surface area contributed by atoms with Crippen LogP contribution in [-0.4, -0.2) is 35.1 Å². The van der Waals surface area contributed by atoms with Gasteiger partial charge in [-0.25, -0.2) is 4.79 Å². The Bertz CT molecular complexity index is 1580. The van der Waals surface area contributed by atoms with Crippen molar-refractivity contribution in [3.63, 3.8) is 0 Å². The first-order valence-electron chi connectivity index (χ1n) is 14.4. The van der Waals surface area contributed by atoms with Crippen molar-refractivity contribution in [3.05, 3.63) is 119 Å². The zero-order chi connectivity index (χ0) is 29.1. The molecule has 0 radical (unpaired) electrons. The first-order chi connectivity index (χ1) is 20.5. The number of nitrogens with one attached hydrogen (secondary N) is 1. The second kappa shape index (κ2) is 11.6. The molecule has 3 atom stereocenters. The Labute approximate surface area is 244 Å². The number of esters is 1. The molecule has 1 N–H and O–H groups in total. The van der Waals surface area contributed by atoms with Crippen LogP contribution in [0.3, 0.4) is 0 Å². The van der Waals surface area contributed by atoms with Gasteiger partial charge in [-0.05, 0) is 55.4 Å². The molecule has 1 aliphatic heterocycles. The van der Waals surface area contributed by atoms with Gasteiger partial charge in [0.1, 0.15) is 17.3 Å². The molecule has 4 aromatic rings. The topological polar surface area (TPSA) is 102 Å². The molecule has 1 saturated carbocycles. The smallest absolute Gasteiger partial charge is 0.360 e. The number of carbonyl (C=O) groups excluding carboxylic acids is 3. The van der Waals surface area contributed by atoms with Crippen molar-refractivity contribution in [2.75, 3.05) is 4.90 Å². The van der Waals surface area contributed by atoms with Crippen molar-refractivity contribution in [2.45, 2.75) is 63.1 Å². The number of amides is 2. The Morgan fingerprint density at radius 1 is 1.00 bits per heavy atom. The summed E-state index contributed by atoms with van der Waals surface area (Å²) in [5.41, 5.74) is 2.68. The molecule has 0 saturated heterocycles. The number of nitrogens with zero attached hydrogens (tertiary/aromatic N) is 2. The number of anilines is 1.